The Morgan fingerprint density at radius 2 is 1.89 bits per heavy atom. The highest BCUT2D eigenvalue weighted by molar-refractivity contribution is 5.92. The number of carbonyl (C=O) groups excluding carboxylic acids is 1. The van der Waals surface area contributed by atoms with Crippen molar-refractivity contribution in [2.75, 3.05) is 17.3 Å². The highest BCUT2D eigenvalue weighted by Gasteiger charge is 2.55. The van der Waals surface area contributed by atoms with Crippen LogP contribution in [0.1, 0.15) is 41.9 Å². The first-order valence-corrected chi connectivity index (χ1v) is 9.46. The molecular formula is C18H24N8O. The van der Waals surface area contributed by atoms with Gasteiger partial charge < -0.3 is 16.0 Å². The van der Waals surface area contributed by atoms with Crippen LogP contribution in [0.15, 0.2) is 12.1 Å². The molecule has 142 valence electrons. The fourth-order valence-electron chi connectivity index (χ4n) is 4.87. The molecule has 3 aliphatic heterocycles. The molecule has 3 fully saturated rings. The lowest BCUT2D eigenvalue weighted by atomic mass is 9.68. The Balaban J connectivity index is 1.40. The molecule has 5 heterocycles. The molecule has 4 atom stereocenters. The number of aromatic amines is 1. The normalized spacial score (nSPS) is 28.7. The highest BCUT2D eigenvalue weighted by Crippen LogP contribution is 2.49. The van der Waals surface area contributed by atoms with Crippen LogP contribution in [0.5, 0.6) is 0 Å². The predicted octanol–water partition coefficient (Wildman–Crippen LogP) is 1.16. The summed E-state index contributed by atoms with van der Waals surface area (Å²) in [5.41, 5.74) is 6.64. The van der Waals surface area contributed by atoms with Crippen molar-refractivity contribution < 1.29 is 4.79 Å². The predicted molar refractivity (Wildman–Crippen MR) is 101 cm³/mol. The van der Waals surface area contributed by atoms with Crippen molar-refractivity contribution in [2.45, 2.75) is 56.8 Å². The van der Waals surface area contributed by atoms with Crippen LogP contribution >= 0.6 is 0 Å². The molecule has 5 rings (SSSR count). The molecule has 0 aliphatic carbocycles. The van der Waals surface area contributed by atoms with Crippen LogP contribution in [0, 0.1) is 6.92 Å². The topological polar surface area (TPSA) is 116 Å². The van der Waals surface area contributed by atoms with Crippen LogP contribution in [0.3, 0.4) is 0 Å². The van der Waals surface area contributed by atoms with Gasteiger partial charge in [0.2, 0.25) is 5.95 Å². The Morgan fingerprint density at radius 3 is 2.48 bits per heavy atom. The van der Waals surface area contributed by atoms with Gasteiger partial charge >= 0.3 is 0 Å². The van der Waals surface area contributed by atoms with Gasteiger partial charge in [0.25, 0.3) is 5.91 Å². The number of anilines is 3. The van der Waals surface area contributed by atoms with Crippen LogP contribution in [0.2, 0.25) is 0 Å². The molecule has 3 saturated heterocycles. The van der Waals surface area contributed by atoms with E-state index in [0.29, 0.717) is 35.7 Å². The van der Waals surface area contributed by atoms with Gasteiger partial charge in [-0.1, -0.05) is 0 Å². The summed E-state index contributed by atoms with van der Waals surface area (Å²) in [6.45, 7) is 1.92. The number of amides is 1. The molecule has 0 bridgehead atoms. The molecule has 2 aromatic heterocycles. The second-order valence-electron chi connectivity index (χ2n) is 7.98. The minimum absolute atomic E-state index is 0.200. The molecule has 9 heteroatoms. The molecule has 4 N–H and O–H groups in total. The van der Waals surface area contributed by atoms with Gasteiger partial charge in [-0.2, -0.15) is 10.1 Å². The van der Waals surface area contributed by atoms with Crippen molar-refractivity contribution in [2.24, 2.45) is 5.73 Å². The van der Waals surface area contributed by atoms with Gasteiger partial charge in [0.15, 0.2) is 5.82 Å². The van der Waals surface area contributed by atoms with Crippen molar-refractivity contribution in [1.82, 2.24) is 25.1 Å². The fraction of sp³-hybridized carbons (Fsp3) is 0.556. The molecule has 1 unspecified atom stereocenters. The molecule has 9 nitrogen and oxygen atoms in total. The Morgan fingerprint density at radius 1 is 1.19 bits per heavy atom. The lowest BCUT2D eigenvalue weighted by Crippen LogP contribution is -2.74. The number of carbonyl (C=O) groups is 1. The van der Waals surface area contributed by atoms with Gasteiger partial charge in [0, 0.05) is 49.0 Å². The maximum Gasteiger partial charge on any atom is 0.267 e. The van der Waals surface area contributed by atoms with Crippen LogP contribution in [0.25, 0.3) is 0 Å². The van der Waals surface area contributed by atoms with Crippen molar-refractivity contribution >= 4 is 23.5 Å². The van der Waals surface area contributed by atoms with Crippen LogP contribution < -0.4 is 16.0 Å². The summed E-state index contributed by atoms with van der Waals surface area (Å²) in [6.07, 6.45) is 4.87. The molecule has 0 saturated carbocycles. The van der Waals surface area contributed by atoms with E-state index in [1.807, 2.05) is 20.0 Å². The lowest BCUT2D eigenvalue weighted by Gasteiger charge is -2.66. The first kappa shape index (κ1) is 16.5. The quantitative estimate of drug-likeness (QED) is 0.725. The Kier molecular flexibility index (Phi) is 3.61. The zero-order valence-electron chi connectivity index (χ0n) is 15.5. The maximum atomic E-state index is 11.8. The third-order valence-corrected chi connectivity index (χ3v) is 6.23. The van der Waals surface area contributed by atoms with Gasteiger partial charge in [-0.05, 0) is 32.6 Å². The minimum Gasteiger partial charge on any atom is -0.364 e. The number of nitrogens with one attached hydrogen (secondary N) is 2. The van der Waals surface area contributed by atoms with Crippen molar-refractivity contribution in [3.05, 3.63) is 23.5 Å². The number of H-pyrrole nitrogens is 1. The second-order valence-corrected chi connectivity index (χ2v) is 7.98. The average molecular weight is 368 g/mol. The Bertz CT molecular complexity index is 879. The van der Waals surface area contributed by atoms with E-state index in [2.05, 4.69) is 35.3 Å². The summed E-state index contributed by atoms with van der Waals surface area (Å²) in [5.74, 6) is 1.11. The van der Waals surface area contributed by atoms with E-state index in [9.17, 15) is 4.79 Å². The van der Waals surface area contributed by atoms with Gasteiger partial charge in [-0.15, -0.1) is 0 Å². The molecule has 3 aliphatic rings. The van der Waals surface area contributed by atoms with E-state index < -0.39 is 5.91 Å². The smallest absolute Gasteiger partial charge is 0.267 e. The van der Waals surface area contributed by atoms with Crippen molar-refractivity contribution in [3.8, 4) is 0 Å². The van der Waals surface area contributed by atoms with Gasteiger partial charge in [-0.3, -0.25) is 14.8 Å². The second kappa shape index (κ2) is 5.91. The number of piperidine rings is 2. The monoisotopic (exact) mass is 368 g/mol. The van der Waals surface area contributed by atoms with E-state index in [-0.39, 0.29) is 5.69 Å². The van der Waals surface area contributed by atoms with Crippen LogP contribution in [-0.4, -0.2) is 62.2 Å². The lowest BCUT2D eigenvalue weighted by molar-refractivity contribution is -0.148. The number of aryl methyl sites for hydroxylation is 1. The summed E-state index contributed by atoms with van der Waals surface area (Å²) in [4.78, 5) is 25.6. The Labute approximate surface area is 157 Å². The molecule has 2 aromatic rings. The fourth-order valence-corrected chi connectivity index (χ4v) is 4.87. The van der Waals surface area contributed by atoms with E-state index in [1.54, 1.807) is 6.07 Å². The van der Waals surface area contributed by atoms with Crippen LogP contribution in [0.4, 0.5) is 17.6 Å². The van der Waals surface area contributed by atoms with E-state index >= 15 is 0 Å². The molecule has 0 aromatic carbocycles. The molecule has 27 heavy (non-hydrogen) atoms. The SMILES string of the molecule is Cc1cc(Nc2cc(C(N)=O)nc(N(C)[C@@H]3C[C@H]4CC5C[C@@H](C3)N54)n2)n[nH]1. The average Bonchev–Trinajstić information content (AvgIpc) is 3.00. The van der Waals surface area contributed by atoms with Gasteiger partial charge in [0.1, 0.15) is 11.5 Å². The minimum atomic E-state index is -0.566. The van der Waals surface area contributed by atoms with Gasteiger partial charge in [-0.25, -0.2) is 4.98 Å². The van der Waals surface area contributed by atoms with Gasteiger partial charge in [0.05, 0.1) is 0 Å². The molecular weight excluding hydrogens is 344 g/mol. The number of nitrogens with two attached hydrogens (primary N) is 1. The van der Waals surface area contributed by atoms with E-state index in [0.717, 1.165) is 24.6 Å². The number of primary amides is 1. The molecule has 1 amide bonds. The highest BCUT2D eigenvalue weighted by atomic mass is 16.1. The standard InChI is InChI=1S/C18H24N8O/c1-9-3-16(24-23-9)21-15-8-14(17(19)27)20-18(22-15)25(2)10-4-11-6-13-7-12(5-10)26(11)13/h3,8,10-13H,4-7H2,1-2H3,(H2,19,27)(H2,20,21,22,23,24)/t10-,11+,12-,13?. The zero-order chi connectivity index (χ0) is 18.7. The van der Waals surface area contributed by atoms with Crippen LogP contribution in [-0.2, 0) is 0 Å². The summed E-state index contributed by atoms with van der Waals surface area (Å²) < 4.78 is 0. The number of rotatable bonds is 5. The number of hydrogen-bond donors (Lipinski definition) is 3. The number of nitrogens with zero attached hydrogens (tertiary/aromatic N) is 5. The third-order valence-electron chi connectivity index (χ3n) is 6.23. The number of aromatic nitrogens is 4. The maximum absolute atomic E-state index is 11.8. The Hall–Kier alpha value is -2.68. The van der Waals surface area contributed by atoms with E-state index in [4.69, 9.17) is 5.73 Å². The van der Waals surface area contributed by atoms with Crippen molar-refractivity contribution in [3.63, 3.8) is 0 Å². The van der Waals surface area contributed by atoms with E-state index in [1.165, 1.54) is 12.8 Å². The summed E-state index contributed by atoms with van der Waals surface area (Å²) in [6, 6.07) is 6.04. The number of hydrogen-bond acceptors (Lipinski definition) is 7. The summed E-state index contributed by atoms with van der Waals surface area (Å²) in [5, 5.41) is 10.2. The summed E-state index contributed by atoms with van der Waals surface area (Å²) in [7, 11) is 2.01. The largest absolute Gasteiger partial charge is 0.364 e. The summed E-state index contributed by atoms with van der Waals surface area (Å²) >= 11 is 0. The first-order chi connectivity index (χ1) is 13.0. The zero-order valence-corrected chi connectivity index (χ0v) is 15.5. The molecule has 0 spiro atoms. The third kappa shape index (κ3) is 2.73. The van der Waals surface area contributed by atoms with Crippen molar-refractivity contribution in [1.29, 1.82) is 0 Å². The molecule has 0 radical (unpaired) electrons. The first-order valence-electron chi connectivity index (χ1n) is 9.46.